The smallest absolute Gasteiger partial charge is 0.325 e. The molecule has 1 saturated heterocycles. The van der Waals surface area contributed by atoms with Gasteiger partial charge in [-0.25, -0.2) is 4.39 Å². The second-order valence-corrected chi connectivity index (χ2v) is 5.89. The van der Waals surface area contributed by atoms with Crippen LogP contribution in [0.5, 0.6) is 0 Å². The van der Waals surface area contributed by atoms with E-state index in [1.54, 1.807) is 36.4 Å². The third-order valence-corrected chi connectivity index (χ3v) is 4.31. The Morgan fingerprint density at radius 1 is 1.11 bits per heavy atom. The molecular formula is C20H16FNO5. The Hall–Kier alpha value is -3.48. The number of nitrogens with zero attached hydrogens (tertiary/aromatic N) is 1. The van der Waals surface area contributed by atoms with E-state index >= 15 is 0 Å². The van der Waals surface area contributed by atoms with Crippen LogP contribution in [0.2, 0.25) is 0 Å². The highest BCUT2D eigenvalue weighted by molar-refractivity contribution is 6.46. The predicted molar refractivity (Wildman–Crippen MR) is 93.9 cm³/mol. The number of Topliss-reactive ketones (excluding diaryl/α,β-unsaturated/α-hetero) is 1. The van der Waals surface area contributed by atoms with Gasteiger partial charge in [0, 0.05) is 11.1 Å². The highest BCUT2D eigenvalue weighted by Gasteiger charge is 2.47. The minimum absolute atomic E-state index is 0.00177. The van der Waals surface area contributed by atoms with E-state index in [9.17, 15) is 23.9 Å². The number of likely N-dealkylation sites (tertiary alicyclic amines) is 1. The molecule has 0 saturated carbocycles. The van der Waals surface area contributed by atoms with E-state index in [1.165, 1.54) is 18.2 Å². The zero-order chi connectivity index (χ0) is 19.6. The van der Waals surface area contributed by atoms with Gasteiger partial charge in [0.1, 0.15) is 18.1 Å². The van der Waals surface area contributed by atoms with Gasteiger partial charge in [-0.05, 0) is 6.07 Å². The minimum Gasteiger partial charge on any atom is -0.507 e. The van der Waals surface area contributed by atoms with Gasteiger partial charge in [0.15, 0.2) is 0 Å². The van der Waals surface area contributed by atoms with Gasteiger partial charge in [-0.2, -0.15) is 0 Å². The van der Waals surface area contributed by atoms with E-state index in [0.717, 1.165) is 12.0 Å². The number of rotatable bonds is 4. The first-order chi connectivity index (χ1) is 13.0. The summed E-state index contributed by atoms with van der Waals surface area (Å²) in [6.07, 6.45) is 0. The van der Waals surface area contributed by atoms with Crippen molar-refractivity contribution in [1.29, 1.82) is 0 Å². The van der Waals surface area contributed by atoms with Crippen molar-refractivity contribution in [1.82, 2.24) is 4.90 Å². The predicted octanol–water partition coefficient (Wildman–Crippen LogP) is 2.42. The Morgan fingerprint density at radius 2 is 1.74 bits per heavy atom. The summed E-state index contributed by atoms with van der Waals surface area (Å²) < 4.78 is 19.0. The third kappa shape index (κ3) is 3.31. The summed E-state index contributed by atoms with van der Waals surface area (Å²) in [7, 11) is 1.14. The first-order valence-corrected chi connectivity index (χ1v) is 8.10. The van der Waals surface area contributed by atoms with Crippen LogP contribution in [0.15, 0.2) is 60.2 Å². The Labute approximate surface area is 154 Å². The molecule has 1 amide bonds. The summed E-state index contributed by atoms with van der Waals surface area (Å²) in [5.74, 6) is -3.87. The second-order valence-electron chi connectivity index (χ2n) is 5.89. The van der Waals surface area contributed by atoms with Crippen LogP contribution in [-0.4, -0.2) is 41.3 Å². The van der Waals surface area contributed by atoms with Gasteiger partial charge in [-0.3, -0.25) is 14.4 Å². The molecule has 0 radical (unpaired) electrons. The van der Waals surface area contributed by atoms with Crippen LogP contribution in [0.4, 0.5) is 4.39 Å². The van der Waals surface area contributed by atoms with Crippen LogP contribution in [0, 0.1) is 5.82 Å². The topological polar surface area (TPSA) is 83.9 Å². The molecular weight excluding hydrogens is 353 g/mol. The molecule has 6 nitrogen and oxygen atoms in total. The molecule has 0 aliphatic carbocycles. The molecule has 1 fully saturated rings. The maximum Gasteiger partial charge on any atom is 0.325 e. The zero-order valence-corrected chi connectivity index (χ0v) is 14.4. The average molecular weight is 369 g/mol. The Kier molecular flexibility index (Phi) is 5.03. The van der Waals surface area contributed by atoms with Gasteiger partial charge >= 0.3 is 5.97 Å². The summed E-state index contributed by atoms with van der Waals surface area (Å²) >= 11 is 0. The minimum atomic E-state index is -1.24. The molecule has 2 aromatic rings. The lowest BCUT2D eigenvalue weighted by Crippen LogP contribution is -2.35. The van der Waals surface area contributed by atoms with Gasteiger partial charge in [0.25, 0.3) is 11.7 Å². The molecule has 2 aromatic carbocycles. The fourth-order valence-corrected chi connectivity index (χ4v) is 3.02. The molecule has 1 N–H and O–H groups in total. The number of carbonyl (C=O) groups is 3. The standard InChI is InChI=1S/C20H16FNO5/c1-27-15(23)11-22-17(13-9-5-6-10-14(13)21)16(19(25)20(22)26)18(24)12-7-3-2-4-8-12/h2-10,17,24H,11H2,1H3. The van der Waals surface area contributed by atoms with Gasteiger partial charge in [-0.15, -0.1) is 0 Å². The Balaban J connectivity index is 2.21. The van der Waals surface area contributed by atoms with Crippen molar-refractivity contribution in [3.8, 4) is 0 Å². The van der Waals surface area contributed by atoms with Crippen molar-refractivity contribution in [2.24, 2.45) is 0 Å². The molecule has 1 aliphatic heterocycles. The molecule has 0 bridgehead atoms. The Morgan fingerprint density at radius 3 is 2.37 bits per heavy atom. The largest absolute Gasteiger partial charge is 0.507 e. The van der Waals surface area contributed by atoms with Gasteiger partial charge in [-0.1, -0.05) is 48.5 Å². The van der Waals surface area contributed by atoms with Crippen LogP contribution in [0.3, 0.4) is 0 Å². The van der Waals surface area contributed by atoms with Crippen LogP contribution >= 0.6 is 0 Å². The number of esters is 1. The van der Waals surface area contributed by atoms with E-state index in [0.29, 0.717) is 5.56 Å². The number of ketones is 1. The lowest BCUT2D eigenvalue weighted by atomic mass is 9.95. The first-order valence-electron chi connectivity index (χ1n) is 8.10. The lowest BCUT2D eigenvalue weighted by molar-refractivity contribution is -0.148. The number of methoxy groups -OCH3 is 1. The fourth-order valence-electron chi connectivity index (χ4n) is 3.02. The molecule has 1 atom stereocenters. The highest BCUT2D eigenvalue weighted by Crippen LogP contribution is 2.40. The maximum absolute atomic E-state index is 14.5. The van der Waals surface area contributed by atoms with Crippen LogP contribution in [0.1, 0.15) is 17.2 Å². The van der Waals surface area contributed by atoms with Crippen molar-refractivity contribution in [2.45, 2.75) is 6.04 Å². The second kappa shape index (κ2) is 7.41. The maximum atomic E-state index is 14.5. The first kappa shape index (κ1) is 18.3. The summed E-state index contributed by atoms with van der Waals surface area (Å²) in [6.45, 7) is -0.550. The monoisotopic (exact) mass is 369 g/mol. The van der Waals surface area contributed by atoms with Gasteiger partial charge in [0.05, 0.1) is 18.7 Å². The fraction of sp³-hybridized carbons (Fsp3) is 0.150. The molecule has 0 spiro atoms. The van der Waals surface area contributed by atoms with Crippen LogP contribution in [0.25, 0.3) is 5.76 Å². The molecule has 0 aromatic heterocycles. The molecule has 3 rings (SSSR count). The quantitative estimate of drug-likeness (QED) is 0.387. The number of carbonyl (C=O) groups excluding carboxylic acids is 3. The number of aliphatic hydroxyl groups is 1. The Bertz CT molecular complexity index is 938. The van der Waals surface area contributed by atoms with Crippen LogP contribution < -0.4 is 0 Å². The molecule has 138 valence electrons. The van der Waals surface area contributed by atoms with E-state index in [2.05, 4.69) is 4.74 Å². The number of hydrogen-bond acceptors (Lipinski definition) is 5. The zero-order valence-electron chi connectivity index (χ0n) is 14.4. The normalized spacial score (nSPS) is 18.6. The van der Waals surface area contributed by atoms with E-state index in [1.807, 2.05) is 0 Å². The van der Waals surface area contributed by atoms with Crippen molar-refractivity contribution in [2.75, 3.05) is 13.7 Å². The molecule has 1 aliphatic rings. The summed E-state index contributed by atoms with van der Waals surface area (Å²) in [5.41, 5.74) is 0.0215. The van der Waals surface area contributed by atoms with Crippen molar-refractivity contribution >= 4 is 23.4 Å². The number of ether oxygens (including phenoxy) is 1. The SMILES string of the molecule is COC(=O)CN1C(=O)C(=O)C(=C(O)c2ccccc2)C1c1ccccc1F. The molecule has 1 unspecified atom stereocenters. The third-order valence-electron chi connectivity index (χ3n) is 4.31. The van der Waals surface area contributed by atoms with Crippen LogP contribution in [-0.2, 0) is 19.1 Å². The van der Waals surface area contributed by atoms with Crippen molar-refractivity contribution in [3.63, 3.8) is 0 Å². The van der Waals surface area contributed by atoms with Crippen molar-refractivity contribution in [3.05, 3.63) is 77.1 Å². The van der Waals surface area contributed by atoms with Gasteiger partial charge < -0.3 is 14.7 Å². The molecule has 27 heavy (non-hydrogen) atoms. The number of amides is 1. The number of benzene rings is 2. The molecule has 1 heterocycles. The van der Waals surface area contributed by atoms with Gasteiger partial charge in [0.2, 0.25) is 0 Å². The summed E-state index contributed by atoms with van der Waals surface area (Å²) in [4.78, 5) is 37.7. The lowest BCUT2D eigenvalue weighted by Gasteiger charge is -2.24. The van der Waals surface area contributed by atoms with E-state index < -0.39 is 41.8 Å². The number of halogens is 1. The average Bonchev–Trinajstić information content (AvgIpc) is 2.93. The number of aliphatic hydroxyl groups excluding tert-OH is 1. The number of hydrogen-bond donors (Lipinski definition) is 1. The highest BCUT2D eigenvalue weighted by atomic mass is 19.1. The van der Waals surface area contributed by atoms with E-state index in [-0.39, 0.29) is 11.1 Å². The summed E-state index contributed by atoms with van der Waals surface area (Å²) in [5, 5.41) is 10.7. The van der Waals surface area contributed by atoms with E-state index in [4.69, 9.17) is 0 Å². The summed E-state index contributed by atoms with van der Waals surface area (Å²) in [6, 6.07) is 12.5. The van der Waals surface area contributed by atoms with Crippen molar-refractivity contribution < 1.29 is 28.6 Å². The molecule has 7 heteroatoms.